The Morgan fingerprint density at radius 2 is 1.83 bits per heavy atom. The highest BCUT2D eigenvalue weighted by atomic mass is 32.2. The Balaban J connectivity index is 2.74. The van der Waals surface area contributed by atoms with E-state index < -0.39 is 15.4 Å². The highest BCUT2D eigenvalue weighted by molar-refractivity contribution is 7.86. The van der Waals surface area contributed by atoms with Gasteiger partial charge in [0.15, 0.2) is 0 Å². The van der Waals surface area contributed by atoms with Gasteiger partial charge in [0.05, 0.1) is 5.25 Å². The third-order valence-electron chi connectivity index (χ3n) is 2.77. The maximum atomic E-state index is 10.9. The lowest BCUT2D eigenvalue weighted by Crippen LogP contribution is -2.33. The largest absolute Gasteiger partial charge is 0.285 e. The molecule has 0 amide bonds. The molecule has 1 N–H and O–H groups in total. The first-order valence-corrected chi connectivity index (χ1v) is 5.88. The maximum Gasteiger partial charge on any atom is 0.268 e. The van der Waals surface area contributed by atoms with Gasteiger partial charge in [0.25, 0.3) is 10.1 Å². The topological polar surface area (TPSA) is 54.4 Å². The van der Waals surface area contributed by atoms with E-state index in [0.717, 1.165) is 12.8 Å². The van der Waals surface area contributed by atoms with Crippen molar-refractivity contribution in [3.63, 3.8) is 0 Å². The summed E-state index contributed by atoms with van der Waals surface area (Å²) in [5.41, 5.74) is 0. The van der Waals surface area contributed by atoms with Crippen molar-refractivity contribution in [2.45, 2.75) is 38.4 Å². The van der Waals surface area contributed by atoms with Gasteiger partial charge in [-0.2, -0.15) is 8.42 Å². The van der Waals surface area contributed by atoms with Crippen molar-refractivity contribution in [3.05, 3.63) is 0 Å². The molecule has 0 aromatic heterocycles. The Hall–Kier alpha value is -0.0900. The Morgan fingerprint density at radius 1 is 1.25 bits per heavy atom. The van der Waals surface area contributed by atoms with E-state index in [0.29, 0.717) is 12.3 Å². The Morgan fingerprint density at radius 3 is 2.25 bits per heavy atom. The van der Waals surface area contributed by atoms with Crippen molar-refractivity contribution < 1.29 is 13.0 Å². The summed E-state index contributed by atoms with van der Waals surface area (Å²) in [5.74, 6) is 0.532. The molecule has 0 aromatic rings. The average molecular weight is 192 g/mol. The first kappa shape index (κ1) is 9.99. The molecule has 3 nitrogen and oxygen atoms in total. The fourth-order valence-electron chi connectivity index (χ4n) is 1.90. The van der Waals surface area contributed by atoms with Crippen LogP contribution >= 0.6 is 0 Å². The summed E-state index contributed by atoms with van der Waals surface area (Å²) in [5, 5.41) is -0.527. The number of rotatable bonds is 1. The summed E-state index contributed by atoms with van der Waals surface area (Å²) < 4.78 is 30.7. The van der Waals surface area contributed by atoms with Gasteiger partial charge in [0.2, 0.25) is 0 Å². The Labute approximate surface area is 73.9 Å². The molecule has 72 valence electrons. The van der Waals surface area contributed by atoms with Crippen molar-refractivity contribution in [1.29, 1.82) is 0 Å². The van der Waals surface area contributed by atoms with Crippen LogP contribution in [0.1, 0.15) is 33.1 Å². The highest BCUT2D eigenvalue weighted by Crippen LogP contribution is 2.32. The Kier molecular flexibility index (Phi) is 2.78. The molecule has 4 heteroatoms. The first-order valence-electron chi connectivity index (χ1n) is 4.37. The molecule has 0 saturated heterocycles. The summed E-state index contributed by atoms with van der Waals surface area (Å²) >= 11 is 0. The molecular weight excluding hydrogens is 176 g/mol. The van der Waals surface area contributed by atoms with Crippen LogP contribution in [0.4, 0.5) is 0 Å². The predicted octanol–water partition coefficient (Wildman–Crippen LogP) is 1.70. The molecule has 1 saturated carbocycles. The molecule has 0 radical (unpaired) electrons. The highest BCUT2D eigenvalue weighted by Gasteiger charge is 2.34. The first-order chi connectivity index (χ1) is 5.41. The van der Waals surface area contributed by atoms with Crippen LogP contribution in [0.15, 0.2) is 0 Å². The summed E-state index contributed by atoms with van der Waals surface area (Å²) in [6.45, 7) is 3.92. The molecule has 1 aliphatic rings. The molecule has 0 aromatic carbocycles. The average Bonchev–Trinajstić information content (AvgIpc) is 1.92. The van der Waals surface area contributed by atoms with Crippen molar-refractivity contribution >= 4 is 10.1 Å². The quantitative estimate of drug-likeness (QED) is 0.643. The summed E-state index contributed by atoms with van der Waals surface area (Å²) in [6.07, 6.45) is 2.60. The van der Waals surface area contributed by atoms with Crippen molar-refractivity contribution in [3.8, 4) is 0 Å². The van der Waals surface area contributed by atoms with Crippen LogP contribution in [-0.4, -0.2) is 18.2 Å². The fraction of sp³-hybridized carbons (Fsp3) is 1.00. The van der Waals surface area contributed by atoms with Gasteiger partial charge in [-0.1, -0.05) is 20.3 Å². The summed E-state index contributed by atoms with van der Waals surface area (Å²) in [4.78, 5) is 0. The molecule has 1 fully saturated rings. The van der Waals surface area contributed by atoms with E-state index in [1.165, 1.54) is 0 Å². The van der Waals surface area contributed by atoms with Crippen LogP contribution < -0.4 is 0 Å². The van der Waals surface area contributed by atoms with Crippen molar-refractivity contribution in [2.75, 3.05) is 0 Å². The minimum atomic E-state index is -3.81. The van der Waals surface area contributed by atoms with Gasteiger partial charge >= 0.3 is 0 Å². The molecule has 0 aliphatic heterocycles. The third kappa shape index (κ3) is 2.20. The van der Waals surface area contributed by atoms with E-state index in [4.69, 9.17) is 4.55 Å². The minimum absolute atomic E-state index is 0.108. The molecular formula is C8H16O3S. The SMILES string of the molecule is CC1CCC(C)C(S(=O)(=O)O)C1. The van der Waals surface area contributed by atoms with Crippen molar-refractivity contribution in [1.82, 2.24) is 0 Å². The molecule has 0 bridgehead atoms. The second-order valence-corrected chi connectivity index (χ2v) is 5.58. The zero-order chi connectivity index (χ0) is 9.35. The molecule has 3 unspecified atom stereocenters. The van der Waals surface area contributed by atoms with E-state index >= 15 is 0 Å². The maximum absolute atomic E-state index is 10.9. The second kappa shape index (κ2) is 3.34. The molecule has 3 atom stereocenters. The lowest BCUT2D eigenvalue weighted by atomic mass is 9.84. The van der Waals surface area contributed by atoms with E-state index in [-0.39, 0.29) is 5.92 Å². The normalized spacial score (nSPS) is 38.1. The van der Waals surface area contributed by atoms with Gasteiger partial charge in [-0.15, -0.1) is 0 Å². The lowest BCUT2D eigenvalue weighted by Gasteiger charge is -2.30. The van der Waals surface area contributed by atoms with Crippen LogP contribution in [0.2, 0.25) is 0 Å². The minimum Gasteiger partial charge on any atom is -0.285 e. The van der Waals surface area contributed by atoms with Crippen LogP contribution in [0.5, 0.6) is 0 Å². The van der Waals surface area contributed by atoms with E-state index in [9.17, 15) is 8.42 Å². The smallest absolute Gasteiger partial charge is 0.268 e. The number of hydrogen-bond acceptors (Lipinski definition) is 2. The lowest BCUT2D eigenvalue weighted by molar-refractivity contribution is 0.295. The van der Waals surface area contributed by atoms with Crippen LogP contribution in [0.25, 0.3) is 0 Å². The molecule has 1 rings (SSSR count). The zero-order valence-corrected chi connectivity index (χ0v) is 8.34. The summed E-state index contributed by atoms with van der Waals surface area (Å²) in [6, 6.07) is 0. The van der Waals surface area contributed by atoms with Gasteiger partial charge in [0.1, 0.15) is 0 Å². The van der Waals surface area contributed by atoms with E-state index in [1.54, 1.807) is 0 Å². The molecule has 0 heterocycles. The standard InChI is InChI=1S/C8H16O3S/c1-6-3-4-7(2)8(5-6)12(9,10)11/h6-8H,3-5H2,1-2H3,(H,9,10,11). The Bertz CT molecular complexity index is 245. The molecule has 1 aliphatic carbocycles. The third-order valence-corrected chi connectivity index (χ3v) is 4.19. The van der Waals surface area contributed by atoms with Gasteiger partial charge < -0.3 is 0 Å². The fourth-order valence-corrected chi connectivity index (χ4v) is 3.19. The van der Waals surface area contributed by atoms with E-state index in [1.807, 2.05) is 13.8 Å². The monoisotopic (exact) mass is 192 g/mol. The van der Waals surface area contributed by atoms with Crippen LogP contribution in [0.3, 0.4) is 0 Å². The van der Waals surface area contributed by atoms with Crippen LogP contribution in [-0.2, 0) is 10.1 Å². The molecule has 0 spiro atoms. The predicted molar refractivity (Wildman–Crippen MR) is 47.5 cm³/mol. The van der Waals surface area contributed by atoms with Gasteiger partial charge in [-0.05, 0) is 24.7 Å². The zero-order valence-electron chi connectivity index (χ0n) is 7.53. The number of hydrogen-bond donors (Lipinski definition) is 1. The van der Waals surface area contributed by atoms with Crippen molar-refractivity contribution in [2.24, 2.45) is 11.8 Å². The van der Waals surface area contributed by atoms with Crippen LogP contribution in [0, 0.1) is 11.8 Å². The van der Waals surface area contributed by atoms with Gasteiger partial charge in [-0.3, -0.25) is 4.55 Å². The van der Waals surface area contributed by atoms with E-state index in [2.05, 4.69) is 0 Å². The summed E-state index contributed by atoms with van der Waals surface area (Å²) in [7, 11) is -3.81. The molecule has 12 heavy (non-hydrogen) atoms. The van der Waals surface area contributed by atoms with Gasteiger partial charge in [0, 0.05) is 0 Å². The van der Waals surface area contributed by atoms with Gasteiger partial charge in [-0.25, -0.2) is 0 Å². The second-order valence-electron chi connectivity index (χ2n) is 3.95.